The Balaban J connectivity index is 2.31. The molecule has 1 aromatic rings. The Morgan fingerprint density at radius 2 is 2.29 bits per heavy atom. The third-order valence-electron chi connectivity index (χ3n) is 2.36. The maximum absolute atomic E-state index is 11.7. The minimum absolute atomic E-state index is 0.126. The van der Waals surface area contributed by atoms with Gasteiger partial charge in [-0.15, -0.1) is 0 Å². The van der Waals surface area contributed by atoms with Crippen LogP contribution in [0.3, 0.4) is 0 Å². The van der Waals surface area contributed by atoms with E-state index in [2.05, 4.69) is 10.3 Å². The summed E-state index contributed by atoms with van der Waals surface area (Å²) < 4.78 is 0. The standard InChI is InChI=1S/C12H17N3OS/c1-9-5-4-8-14-11(9)12(16)15-7-3-2-6-10(13)17/h4-5,8H,2-3,6-7H2,1H3,(H2,13,17)(H,15,16). The van der Waals surface area contributed by atoms with Crippen LogP contribution >= 0.6 is 12.2 Å². The summed E-state index contributed by atoms with van der Waals surface area (Å²) in [5.41, 5.74) is 6.75. The van der Waals surface area contributed by atoms with Crippen molar-refractivity contribution in [2.45, 2.75) is 26.2 Å². The molecule has 92 valence electrons. The molecule has 0 fully saturated rings. The number of rotatable bonds is 6. The lowest BCUT2D eigenvalue weighted by Crippen LogP contribution is -2.26. The van der Waals surface area contributed by atoms with Crippen molar-refractivity contribution in [3.8, 4) is 0 Å². The van der Waals surface area contributed by atoms with Gasteiger partial charge in [-0.3, -0.25) is 9.78 Å². The number of hydrogen-bond acceptors (Lipinski definition) is 3. The molecule has 0 unspecified atom stereocenters. The number of thiocarbonyl (C=S) groups is 1. The van der Waals surface area contributed by atoms with Crippen molar-refractivity contribution in [1.82, 2.24) is 10.3 Å². The van der Waals surface area contributed by atoms with E-state index in [0.717, 1.165) is 24.8 Å². The summed E-state index contributed by atoms with van der Waals surface area (Å²) in [5, 5.41) is 2.83. The zero-order valence-corrected chi connectivity index (χ0v) is 10.7. The Kier molecular flexibility index (Phi) is 5.56. The molecule has 1 rings (SSSR count). The van der Waals surface area contributed by atoms with Crippen LogP contribution in [0.5, 0.6) is 0 Å². The van der Waals surface area contributed by atoms with Crippen molar-refractivity contribution in [1.29, 1.82) is 0 Å². The van der Waals surface area contributed by atoms with Crippen LogP contribution in [-0.2, 0) is 0 Å². The van der Waals surface area contributed by atoms with E-state index in [1.165, 1.54) is 0 Å². The van der Waals surface area contributed by atoms with Gasteiger partial charge in [0.1, 0.15) is 5.69 Å². The Hall–Kier alpha value is -1.49. The Bertz CT molecular complexity index is 406. The molecule has 1 heterocycles. The van der Waals surface area contributed by atoms with Crippen molar-refractivity contribution < 1.29 is 4.79 Å². The summed E-state index contributed by atoms with van der Waals surface area (Å²) in [6, 6.07) is 3.68. The molecule has 3 N–H and O–H groups in total. The van der Waals surface area contributed by atoms with Gasteiger partial charge < -0.3 is 11.1 Å². The summed E-state index contributed by atoms with van der Waals surface area (Å²) in [6.45, 7) is 2.49. The molecule has 0 saturated carbocycles. The van der Waals surface area contributed by atoms with Crippen LogP contribution < -0.4 is 11.1 Å². The second-order valence-electron chi connectivity index (χ2n) is 3.85. The topological polar surface area (TPSA) is 68.0 Å². The molecule has 0 aliphatic heterocycles. The smallest absolute Gasteiger partial charge is 0.270 e. The van der Waals surface area contributed by atoms with E-state index in [4.69, 9.17) is 18.0 Å². The lowest BCUT2D eigenvalue weighted by atomic mass is 10.2. The molecule has 1 aromatic heterocycles. The first-order valence-corrected chi connectivity index (χ1v) is 6.00. The van der Waals surface area contributed by atoms with Gasteiger partial charge in [-0.05, 0) is 37.8 Å². The third-order valence-corrected chi connectivity index (χ3v) is 2.56. The number of hydrogen-bond donors (Lipinski definition) is 2. The van der Waals surface area contributed by atoms with Gasteiger partial charge in [-0.1, -0.05) is 18.3 Å². The largest absolute Gasteiger partial charge is 0.393 e. The average Bonchev–Trinajstić information content (AvgIpc) is 2.28. The number of unbranched alkanes of at least 4 members (excludes halogenated alkanes) is 1. The highest BCUT2D eigenvalue weighted by atomic mass is 32.1. The zero-order chi connectivity index (χ0) is 12.7. The number of amides is 1. The maximum Gasteiger partial charge on any atom is 0.270 e. The first-order valence-electron chi connectivity index (χ1n) is 5.59. The number of pyridine rings is 1. The highest BCUT2D eigenvalue weighted by molar-refractivity contribution is 7.80. The zero-order valence-electron chi connectivity index (χ0n) is 9.90. The van der Waals surface area contributed by atoms with Gasteiger partial charge >= 0.3 is 0 Å². The summed E-state index contributed by atoms with van der Waals surface area (Å²) in [6.07, 6.45) is 4.12. The normalized spacial score (nSPS) is 9.94. The SMILES string of the molecule is Cc1cccnc1C(=O)NCCCCC(N)=S. The van der Waals surface area contributed by atoms with Crippen molar-refractivity contribution in [3.05, 3.63) is 29.6 Å². The molecule has 0 spiro atoms. The van der Waals surface area contributed by atoms with E-state index in [9.17, 15) is 4.79 Å². The van der Waals surface area contributed by atoms with Gasteiger partial charge in [0.05, 0.1) is 4.99 Å². The van der Waals surface area contributed by atoms with Gasteiger partial charge in [0.2, 0.25) is 0 Å². The molecular formula is C12H17N3OS. The van der Waals surface area contributed by atoms with E-state index in [1.54, 1.807) is 6.20 Å². The van der Waals surface area contributed by atoms with E-state index in [1.807, 2.05) is 19.1 Å². The maximum atomic E-state index is 11.7. The third kappa shape index (κ3) is 4.91. The lowest BCUT2D eigenvalue weighted by molar-refractivity contribution is 0.0947. The van der Waals surface area contributed by atoms with Gasteiger partial charge in [0.15, 0.2) is 0 Å². The number of nitrogens with two attached hydrogens (primary N) is 1. The molecule has 5 heteroatoms. The molecule has 17 heavy (non-hydrogen) atoms. The minimum atomic E-state index is -0.126. The fourth-order valence-corrected chi connectivity index (χ4v) is 1.58. The molecule has 0 aliphatic carbocycles. The van der Waals surface area contributed by atoms with E-state index < -0.39 is 0 Å². The van der Waals surface area contributed by atoms with E-state index >= 15 is 0 Å². The first-order chi connectivity index (χ1) is 8.11. The van der Waals surface area contributed by atoms with Gasteiger partial charge in [0.25, 0.3) is 5.91 Å². The number of aryl methyl sites for hydroxylation is 1. The highest BCUT2D eigenvalue weighted by Crippen LogP contribution is 2.02. The Morgan fingerprint density at radius 3 is 2.94 bits per heavy atom. The second-order valence-corrected chi connectivity index (χ2v) is 4.37. The molecule has 4 nitrogen and oxygen atoms in total. The molecule has 0 radical (unpaired) electrons. The Labute approximate surface area is 107 Å². The van der Waals surface area contributed by atoms with Crippen molar-refractivity contribution in [3.63, 3.8) is 0 Å². The number of nitrogens with zero attached hydrogens (tertiary/aromatic N) is 1. The summed E-state index contributed by atoms with van der Waals surface area (Å²) in [7, 11) is 0. The quantitative estimate of drug-likeness (QED) is 0.595. The first kappa shape index (κ1) is 13.6. The predicted molar refractivity (Wildman–Crippen MR) is 71.9 cm³/mol. The van der Waals surface area contributed by atoms with Gasteiger partial charge in [0, 0.05) is 12.7 Å². The summed E-state index contributed by atoms with van der Waals surface area (Å²) >= 11 is 4.77. The monoisotopic (exact) mass is 251 g/mol. The van der Waals surface area contributed by atoms with Crippen LogP contribution in [0.4, 0.5) is 0 Å². The number of nitrogens with one attached hydrogen (secondary N) is 1. The van der Waals surface area contributed by atoms with Gasteiger partial charge in [-0.25, -0.2) is 0 Å². The van der Waals surface area contributed by atoms with Crippen LogP contribution in [0, 0.1) is 6.92 Å². The van der Waals surface area contributed by atoms with Crippen LogP contribution in [-0.4, -0.2) is 22.4 Å². The molecule has 0 aliphatic rings. The van der Waals surface area contributed by atoms with Crippen molar-refractivity contribution in [2.24, 2.45) is 5.73 Å². The van der Waals surface area contributed by atoms with Gasteiger partial charge in [-0.2, -0.15) is 0 Å². The summed E-state index contributed by atoms with van der Waals surface area (Å²) in [5.74, 6) is -0.126. The van der Waals surface area contributed by atoms with E-state index in [-0.39, 0.29) is 5.91 Å². The van der Waals surface area contributed by atoms with Crippen LogP contribution in [0.2, 0.25) is 0 Å². The molecular weight excluding hydrogens is 234 g/mol. The Morgan fingerprint density at radius 1 is 1.53 bits per heavy atom. The summed E-state index contributed by atoms with van der Waals surface area (Å²) in [4.78, 5) is 16.3. The molecule has 0 atom stereocenters. The molecule has 0 aromatic carbocycles. The minimum Gasteiger partial charge on any atom is -0.393 e. The van der Waals surface area contributed by atoms with Crippen LogP contribution in [0.1, 0.15) is 35.3 Å². The van der Waals surface area contributed by atoms with Crippen molar-refractivity contribution in [2.75, 3.05) is 6.54 Å². The highest BCUT2D eigenvalue weighted by Gasteiger charge is 2.08. The molecule has 0 saturated heterocycles. The van der Waals surface area contributed by atoms with Crippen LogP contribution in [0.15, 0.2) is 18.3 Å². The second kappa shape index (κ2) is 6.96. The van der Waals surface area contributed by atoms with E-state index in [0.29, 0.717) is 17.2 Å². The fourth-order valence-electron chi connectivity index (χ4n) is 1.43. The fraction of sp³-hybridized carbons (Fsp3) is 0.417. The lowest BCUT2D eigenvalue weighted by Gasteiger charge is -2.06. The molecule has 1 amide bonds. The number of carbonyl (C=O) groups is 1. The van der Waals surface area contributed by atoms with Crippen molar-refractivity contribution >= 4 is 23.1 Å². The average molecular weight is 251 g/mol. The number of aromatic nitrogens is 1. The predicted octanol–water partition coefficient (Wildman–Crippen LogP) is 1.58. The van der Waals surface area contributed by atoms with Crippen LogP contribution in [0.25, 0.3) is 0 Å². The number of carbonyl (C=O) groups excluding carboxylic acids is 1. The molecule has 0 bridgehead atoms.